The van der Waals surface area contributed by atoms with Crippen LogP contribution in [0.2, 0.25) is 5.02 Å². The molecule has 0 atom stereocenters. The van der Waals surface area contributed by atoms with Crippen molar-refractivity contribution in [1.29, 1.82) is 0 Å². The van der Waals surface area contributed by atoms with Crippen LogP contribution in [0.4, 0.5) is 0 Å². The van der Waals surface area contributed by atoms with Gasteiger partial charge in [-0.05, 0) is 12.5 Å². The molecule has 0 unspecified atom stereocenters. The molecule has 1 amide bonds. The van der Waals surface area contributed by atoms with Crippen LogP contribution in [0.25, 0.3) is 0 Å². The van der Waals surface area contributed by atoms with E-state index in [1.54, 1.807) is 16.2 Å². The van der Waals surface area contributed by atoms with Gasteiger partial charge < -0.3 is 10.0 Å². The van der Waals surface area contributed by atoms with Gasteiger partial charge in [-0.1, -0.05) is 11.6 Å². The Labute approximate surface area is 97.3 Å². The van der Waals surface area contributed by atoms with Gasteiger partial charge >= 0.3 is 0 Å². The summed E-state index contributed by atoms with van der Waals surface area (Å²) in [4.78, 5) is 14.4. The molecule has 2 rings (SSSR count). The number of aliphatic hydroxyl groups excluding tert-OH is 1. The zero-order chi connectivity index (χ0) is 10.8. The van der Waals surface area contributed by atoms with E-state index in [1.165, 1.54) is 0 Å². The molecule has 1 saturated heterocycles. The molecular formula is C10H12ClNO2S. The monoisotopic (exact) mass is 245 g/mol. The number of aliphatic hydroxyl groups is 1. The van der Waals surface area contributed by atoms with Crippen molar-refractivity contribution in [2.75, 3.05) is 13.1 Å². The van der Waals surface area contributed by atoms with Crippen molar-refractivity contribution in [3.8, 4) is 0 Å². The number of thiophene rings is 1. The average molecular weight is 246 g/mol. The number of rotatable bonds is 3. The zero-order valence-electron chi connectivity index (χ0n) is 8.15. The molecule has 0 aromatic carbocycles. The highest BCUT2D eigenvalue weighted by molar-refractivity contribution is 7.10. The summed E-state index contributed by atoms with van der Waals surface area (Å²) < 4.78 is 0. The first-order chi connectivity index (χ1) is 7.15. The molecule has 0 saturated carbocycles. The number of halogens is 1. The second kappa shape index (κ2) is 4.51. The van der Waals surface area contributed by atoms with Crippen LogP contribution in [0.3, 0.4) is 0 Å². The van der Waals surface area contributed by atoms with Gasteiger partial charge in [0.2, 0.25) is 5.91 Å². The summed E-state index contributed by atoms with van der Waals surface area (Å²) in [5.74, 6) is 0.116. The Hall–Kier alpha value is -0.580. The minimum Gasteiger partial charge on any atom is -0.389 e. The number of likely N-dealkylation sites (tertiary alicyclic amines) is 1. The van der Waals surface area contributed by atoms with E-state index in [1.807, 2.05) is 11.4 Å². The lowest BCUT2D eigenvalue weighted by atomic mass is 10.1. The number of β-amino-alcohol motifs (C(OH)–C–C–N with tert-alkyl or cyclic N) is 1. The molecule has 0 bridgehead atoms. The van der Waals surface area contributed by atoms with Gasteiger partial charge in [0.25, 0.3) is 0 Å². The highest BCUT2D eigenvalue weighted by Gasteiger charge is 2.28. The summed E-state index contributed by atoms with van der Waals surface area (Å²) >= 11 is 7.36. The van der Waals surface area contributed by atoms with E-state index >= 15 is 0 Å². The summed E-state index contributed by atoms with van der Waals surface area (Å²) in [5, 5.41) is 11.7. The Morgan fingerprint density at radius 2 is 2.40 bits per heavy atom. The maximum atomic E-state index is 11.5. The van der Waals surface area contributed by atoms with Crippen molar-refractivity contribution in [2.45, 2.75) is 18.9 Å². The number of amides is 1. The van der Waals surface area contributed by atoms with Crippen molar-refractivity contribution in [2.24, 2.45) is 0 Å². The van der Waals surface area contributed by atoms with Gasteiger partial charge in [-0.25, -0.2) is 0 Å². The molecule has 1 aliphatic rings. The molecule has 1 N–H and O–H groups in total. The summed E-state index contributed by atoms with van der Waals surface area (Å²) in [6.07, 6.45) is 0.928. The third-order valence-electron chi connectivity index (χ3n) is 2.42. The third-order valence-corrected chi connectivity index (χ3v) is 3.77. The molecule has 0 aliphatic carbocycles. The topological polar surface area (TPSA) is 40.5 Å². The van der Waals surface area contributed by atoms with Crippen molar-refractivity contribution >= 4 is 28.8 Å². The van der Waals surface area contributed by atoms with Gasteiger partial charge in [-0.3, -0.25) is 4.79 Å². The van der Waals surface area contributed by atoms with Crippen LogP contribution in [0.1, 0.15) is 11.3 Å². The standard InChI is InChI=1S/C10H12ClNO2S/c11-7-3-9(15-6-7)1-2-10(14)12-4-8(13)5-12/h3,6,8,13H,1-2,4-5H2. The molecule has 1 fully saturated rings. The minimum absolute atomic E-state index is 0.116. The summed E-state index contributed by atoms with van der Waals surface area (Å²) in [5.41, 5.74) is 0. The lowest BCUT2D eigenvalue weighted by Crippen LogP contribution is -2.53. The zero-order valence-corrected chi connectivity index (χ0v) is 9.72. The molecule has 3 nitrogen and oxygen atoms in total. The van der Waals surface area contributed by atoms with E-state index in [2.05, 4.69) is 0 Å². The molecular weight excluding hydrogens is 234 g/mol. The van der Waals surface area contributed by atoms with Crippen molar-refractivity contribution in [1.82, 2.24) is 4.90 Å². The Bertz CT molecular complexity index is 360. The van der Waals surface area contributed by atoms with E-state index in [0.29, 0.717) is 19.5 Å². The smallest absolute Gasteiger partial charge is 0.223 e. The van der Waals surface area contributed by atoms with E-state index < -0.39 is 0 Å². The SMILES string of the molecule is O=C(CCc1cc(Cl)cs1)N1CC(O)C1. The Kier molecular flexibility index (Phi) is 3.29. The summed E-state index contributed by atoms with van der Waals surface area (Å²) in [6.45, 7) is 0.980. The maximum Gasteiger partial charge on any atom is 0.223 e. The molecule has 1 aromatic rings. The van der Waals surface area contributed by atoms with Crippen LogP contribution >= 0.6 is 22.9 Å². The van der Waals surface area contributed by atoms with Crippen LogP contribution in [0, 0.1) is 0 Å². The second-order valence-corrected chi connectivity index (χ2v) is 5.12. The average Bonchev–Trinajstić information content (AvgIpc) is 2.56. The summed E-state index contributed by atoms with van der Waals surface area (Å²) in [7, 11) is 0. The van der Waals surface area contributed by atoms with Gasteiger partial charge in [0.1, 0.15) is 0 Å². The highest BCUT2D eigenvalue weighted by Crippen LogP contribution is 2.21. The molecule has 1 aliphatic heterocycles. The van der Waals surface area contributed by atoms with E-state index in [4.69, 9.17) is 16.7 Å². The highest BCUT2D eigenvalue weighted by atomic mass is 35.5. The predicted molar refractivity (Wildman–Crippen MR) is 60.2 cm³/mol. The normalized spacial score (nSPS) is 16.5. The number of hydrogen-bond donors (Lipinski definition) is 1. The fourth-order valence-electron chi connectivity index (χ4n) is 1.53. The van der Waals surface area contributed by atoms with E-state index in [-0.39, 0.29) is 12.0 Å². The summed E-state index contributed by atoms with van der Waals surface area (Å²) in [6, 6.07) is 1.89. The Balaban J connectivity index is 1.76. The first kappa shape index (κ1) is 10.9. The molecule has 0 spiro atoms. The van der Waals surface area contributed by atoms with Gasteiger partial charge in [0, 0.05) is 29.8 Å². The first-order valence-electron chi connectivity index (χ1n) is 4.84. The predicted octanol–water partition coefficient (Wildman–Crippen LogP) is 1.54. The molecule has 82 valence electrons. The lowest BCUT2D eigenvalue weighted by Gasteiger charge is -2.35. The quantitative estimate of drug-likeness (QED) is 0.878. The van der Waals surface area contributed by atoms with Gasteiger partial charge in [0.05, 0.1) is 11.1 Å². The van der Waals surface area contributed by atoms with Crippen molar-refractivity contribution in [3.63, 3.8) is 0 Å². The fraction of sp³-hybridized carbons (Fsp3) is 0.500. The molecule has 0 radical (unpaired) electrons. The first-order valence-corrected chi connectivity index (χ1v) is 6.09. The molecule has 15 heavy (non-hydrogen) atoms. The van der Waals surface area contributed by atoms with Crippen LogP contribution < -0.4 is 0 Å². The van der Waals surface area contributed by atoms with Gasteiger partial charge in [0.15, 0.2) is 0 Å². The van der Waals surface area contributed by atoms with E-state index in [9.17, 15) is 4.79 Å². The Morgan fingerprint density at radius 3 is 2.93 bits per heavy atom. The van der Waals surface area contributed by atoms with Crippen LogP contribution in [-0.4, -0.2) is 35.1 Å². The number of carbonyl (C=O) groups is 1. The molecule has 5 heteroatoms. The maximum absolute atomic E-state index is 11.5. The van der Waals surface area contributed by atoms with Gasteiger partial charge in [-0.15, -0.1) is 11.3 Å². The number of aryl methyl sites for hydroxylation is 1. The number of carbonyl (C=O) groups excluding carboxylic acids is 1. The fourth-order valence-corrected chi connectivity index (χ4v) is 2.61. The van der Waals surface area contributed by atoms with Crippen molar-refractivity contribution in [3.05, 3.63) is 21.3 Å². The number of hydrogen-bond acceptors (Lipinski definition) is 3. The van der Waals surface area contributed by atoms with Crippen molar-refractivity contribution < 1.29 is 9.90 Å². The van der Waals surface area contributed by atoms with Gasteiger partial charge in [-0.2, -0.15) is 0 Å². The molecule has 2 heterocycles. The number of nitrogens with zero attached hydrogens (tertiary/aromatic N) is 1. The lowest BCUT2D eigenvalue weighted by molar-refractivity contribution is -0.141. The minimum atomic E-state index is -0.315. The largest absolute Gasteiger partial charge is 0.389 e. The molecule has 1 aromatic heterocycles. The third kappa shape index (κ3) is 2.71. The van der Waals surface area contributed by atoms with Crippen LogP contribution in [0.15, 0.2) is 11.4 Å². The Morgan fingerprint density at radius 1 is 1.67 bits per heavy atom. The van der Waals surface area contributed by atoms with E-state index in [0.717, 1.165) is 16.3 Å². The van der Waals surface area contributed by atoms with Crippen LogP contribution in [0.5, 0.6) is 0 Å². The van der Waals surface area contributed by atoms with Crippen LogP contribution in [-0.2, 0) is 11.2 Å². The second-order valence-electron chi connectivity index (χ2n) is 3.68.